The lowest BCUT2D eigenvalue weighted by Gasteiger charge is -2.05. The Hall–Kier alpha value is -1.62. The number of carboxylic acids is 1. The summed E-state index contributed by atoms with van der Waals surface area (Å²) in [7, 11) is 0. The molecule has 16 heavy (non-hydrogen) atoms. The fourth-order valence-corrected chi connectivity index (χ4v) is 1.03. The number of carboxylic acid groups (broad SMARTS) is 1. The van der Waals surface area contributed by atoms with Crippen LogP contribution in [0.3, 0.4) is 0 Å². The Bertz CT molecular complexity index is 291. The highest BCUT2D eigenvalue weighted by Gasteiger charge is 2.09. The van der Waals surface area contributed by atoms with Gasteiger partial charge in [0.25, 0.3) is 0 Å². The first-order valence-corrected chi connectivity index (χ1v) is 4.87. The molecule has 0 heterocycles. The van der Waals surface area contributed by atoms with Crippen molar-refractivity contribution in [3.05, 3.63) is 24.3 Å². The molecule has 0 aliphatic rings. The number of aliphatic hydroxyl groups excluding tert-OH is 1. The standard InChI is InChI=1S/C11H16O5/c1-3-10(13)16-6-4-5-9(11(14)15)7-8(2)12/h3,5,8,12H,1,4,6-7H2,2H3,(H,14,15). The Morgan fingerprint density at radius 1 is 1.50 bits per heavy atom. The summed E-state index contributed by atoms with van der Waals surface area (Å²) in [6.07, 6.45) is 2.14. The van der Waals surface area contributed by atoms with Gasteiger partial charge in [-0.05, 0) is 6.92 Å². The van der Waals surface area contributed by atoms with Crippen molar-refractivity contribution >= 4 is 11.9 Å². The van der Waals surface area contributed by atoms with E-state index in [2.05, 4.69) is 11.3 Å². The van der Waals surface area contributed by atoms with Crippen LogP contribution in [0.5, 0.6) is 0 Å². The Morgan fingerprint density at radius 3 is 2.56 bits per heavy atom. The highest BCUT2D eigenvalue weighted by Crippen LogP contribution is 2.07. The molecule has 0 radical (unpaired) electrons. The quantitative estimate of drug-likeness (QED) is 0.384. The van der Waals surface area contributed by atoms with Gasteiger partial charge in [-0.1, -0.05) is 12.7 Å². The zero-order valence-electron chi connectivity index (χ0n) is 9.18. The van der Waals surface area contributed by atoms with Crippen molar-refractivity contribution in [1.29, 1.82) is 0 Å². The van der Waals surface area contributed by atoms with Gasteiger partial charge in [0.2, 0.25) is 0 Å². The van der Waals surface area contributed by atoms with Crippen LogP contribution in [0, 0.1) is 0 Å². The van der Waals surface area contributed by atoms with Gasteiger partial charge < -0.3 is 14.9 Å². The second-order valence-electron chi connectivity index (χ2n) is 3.25. The lowest BCUT2D eigenvalue weighted by atomic mass is 10.1. The maximum Gasteiger partial charge on any atom is 0.331 e. The SMILES string of the molecule is C=CC(=O)OCCC=C(CC(C)O)C(=O)O. The van der Waals surface area contributed by atoms with E-state index in [-0.39, 0.29) is 18.6 Å². The Labute approximate surface area is 94.0 Å². The molecule has 0 aromatic carbocycles. The number of carbonyl (C=O) groups excluding carboxylic acids is 1. The number of esters is 1. The number of rotatable bonds is 7. The van der Waals surface area contributed by atoms with Crippen LogP contribution in [0.2, 0.25) is 0 Å². The predicted octanol–water partition coefficient (Wildman–Crippen LogP) is 0.888. The molecule has 0 rings (SSSR count). The van der Waals surface area contributed by atoms with Gasteiger partial charge >= 0.3 is 11.9 Å². The molecule has 5 nitrogen and oxygen atoms in total. The molecule has 0 saturated carbocycles. The first kappa shape index (κ1) is 14.4. The van der Waals surface area contributed by atoms with Crippen LogP contribution < -0.4 is 0 Å². The van der Waals surface area contributed by atoms with Crippen molar-refractivity contribution in [2.45, 2.75) is 25.9 Å². The molecule has 90 valence electrons. The minimum Gasteiger partial charge on any atom is -0.478 e. The molecular formula is C11H16O5. The number of aliphatic hydroxyl groups is 1. The summed E-state index contributed by atoms with van der Waals surface area (Å²) < 4.78 is 4.67. The minimum atomic E-state index is -1.07. The summed E-state index contributed by atoms with van der Waals surface area (Å²) in [4.78, 5) is 21.4. The summed E-state index contributed by atoms with van der Waals surface area (Å²) in [6.45, 7) is 4.83. The minimum absolute atomic E-state index is 0.0741. The summed E-state index contributed by atoms with van der Waals surface area (Å²) in [5.41, 5.74) is 0.115. The van der Waals surface area contributed by atoms with Crippen LogP contribution in [0.1, 0.15) is 19.8 Å². The first-order valence-electron chi connectivity index (χ1n) is 4.87. The van der Waals surface area contributed by atoms with E-state index >= 15 is 0 Å². The van der Waals surface area contributed by atoms with E-state index in [1.165, 1.54) is 13.0 Å². The second kappa shape index (κ2) is 7.64. The summed E-state index contributed by atoms with van der Waals surface area (Å²) >= 11 is 0. The summed E-state index contributed by atoms with van der Waals surface area (Å²) in [5.74, 6) is -1.61. The largest absolute Gasteiger partial charge is 0.478 e. The molecule has 1 unspecified atom stereocenters. The molecule has 0 aliphatic heterocycles. The zero-order valence-corrected chi connectivity index (χ0v) is 9.18. The highest BCUT2D eigenvalue weighted by atomic mass is 16.5. The third-order valence-electron chi connectivity index (χ3n) is 1.71. The van der Waals surface area contributed by atoms with Gasteiger partial charge in [0.1, 0.15) is 0 Å². The highest BCUT2D eigenvalue weighted by molar-refractivity contribution is 5.86. The van der Waals surface area contributed by atoms with Crippen LogP contribution in [0.25, 0.3) is 0 Å². The van der Waals surface area contributed by atoms with E-state index in [9.17, 15) is 9.59 Å². The van der Waals surface area contributed by atoms with Crippen LogP contribution in [-0.4, -0.2) is 34.9 Å². The molecule has 0 saturated heterocycles. The third-order valence-corrected chi connectivity index (χ3v) is 1.71. The normalized spacial score (nSPS) is 13.0. The van der Waals surface area contributed by atoms with Crippen molar-refractivity contribution in [3.8, 4) is 0 Å². The molecule has 5 heteroatoms. The second-order valence-corrected chi connectivity index (χ2v) is 3.25. The fraction of sp³-hybridized carbons (Fsp3) is 0.455. The van der Waals surface area contributed by atoms with Gasteiger partial charge in [-0.25, -0.2) is 9.59 Å². The lowest BCUT2D eigenvalue weighted by Crippen LogP contribution is -2.09. The Balaban J connectivity index is 4.09. The average molecular weight is 228 g/mol. The Morgan fingerprint density at radius 2 is 2.12 bits per heavy atom. The molecule has 0 aromatic rings. The molecule has 0 fully saturated rings. The summed E-state index contributed by atoms with van der Waals surface area (Å²) in [5, 5.41) is 17.8. The zero-order chi connectivity index (χ0) is 12.6. The molecule has 0 bridgehead atoms. The van der Waals surface area contributed by atoms with Crippen molar-refractivity contribution in [1.82, 2.24) is 0 Å². The first-order chi connectivity index (χ1) is 7.47. The topological polar surface area (TPSA) is 83.8 Å². The summed E-state index contributed by atoms with van der Waals surface area (Å²) in [6, 6.07) is 0. The molecule has 0 aromatic heterocycles. The monoisotopic (exact) mass is 228 g/mol. The predicted molar refractivity (Wildman–Crippen MR) is 57.8 cm³/mol. The third kappa shape index (κ3) is 6.78. The van der Waals surface area contributed by atoms with Crippen molar-refractivity contribution in [3.63, 3.8) is 0 Å². The number of carbonyl (C=O) groups is 2. The van der Waals surface area contributed by atoms with Crippen molar-refractivity contribution in [2.75, 3.05) is 6.61 Å². The van der Waals surface area contributed by atoms with Gasteiger partial charge in [0.15, 0.2) is 0 Å². The van der Waals surface area contributed by atoms with E-state index in [4.69, 9.17) is 10.2 Å². The van der Waals surface area contributed by atoms with E-state index in [1.807, 2.05) is 0 Å². The molecule has 0 aliphatic carbocycles. The molecular weight excluding hydrogens is 212 g/mol. The number of hydrogen-bond donors (Lipinski definition) is 2. The molecule has 0 spiro atoms. The van der Waals surface area contributed by atoms with Crippen LogP contribution in [-0.2, 0) is 14.3 Å². The fourth-order valence-electron chi connectivity index (χ4n) is 1.03. The maximum atomic E-state index is 10.7. The van der Waals surface area contributed by atoms with Gasteiger partial charge in [0.05, 0.1) is 12.7 Å². The van der Waals surface area contributed by atoms with E-state index < -0.39 is 18.0 Å². The van der Waals surface area contributed by atoms with Gasteiger partial charge in [-0.15, -0.1) is 0 Å². The van der Waals surface area contributed by atoms with Crippen LogP contribution >= 0.6 is 0 Å². The van der Waals surface area contributed by atoms with E-state index in [0.29, 0.717) is 6.42 Å². The smallest absolute Gasteiger partial charge is 0.331 e. The van der Waals surface area contributed by atoms with Gasteiger partial charge in [-0.3, -0.25) is 0 Å². The van der Waals surface area contributed by atoms with Gasteiger partial charge in [0, 0.05) is 24.5 Å². The van der Waals surface area contributed by atoms with Crippen molar-refractivity contribution < 1.29 is 24.5 Å². The number of aliphatic carboxylic acids is 1. The number of hydrogen-bond acceptors (Lipinski definition) is 4. The molecule has 0 amide bonds. The number of ether oxygens (including phenoxy) is 1. The van der Waals surface area contributed by atoms with Crippen molar-refractivity contribution in [2.24, 2.45) is 0 Å². The Kier molecular flexibility index (Phi) is 6.87. The lowest BCUT2D eigenvalue weighted by molar-refractivity contribution is -0.137. The van der Waals surface area contributed by atoms with Crippen LogP contribution in [0.4, 0.5) is 0 Å². The molecule has 1 atom stereocenters. The van der Waals surface area contributed by atoms with Crippen LogP contribution in [0.15, 0.2) is 24.3 Å². The van der Waals surface area contributed by atoms with E-state index in [1.54, 1.807) is 0 Å². The molecule has 2 N–H and O–H groups in total. The average Bonchev–Trinajstić information content (AvgIpc) is 2.21. The maximum absolute atomic E-state index is 10.7. The van der Waals surface area contributed by atoms with Gasteiger partial charge in [-0.2, -0.15) is 0 Å². The van der Waals surface area contributed by atoms with E-state index in [0.717, 1.165) is 6.08 Å².